The molecule has 0 heterocycles. The van der Waals surface area contributed by atoms with Gasteiger partial charge in [-0.05, 0) is 12.1 Å². The van der Waals surface area contributed by atoms with Gasteiger partial charge in [0.1, 0.15) is 23.9 Å². The summed E-state index contributed by atoms with van der Waals surface area (Å²) in [5.74, 6) is -1.79. The van der Waals surface area contributed by atoms with Gasteiger partial charge in [0, 0.05) is 0 Å². The molecular formula is C9H9F2NO3. The third-order valence-electron chi connectivity index (χ3n) is 1.51. The highest BCUT2D eigenvalue weighted by Crippen LogP contribution is 2.17. The van der Waals surface area contributed by atoms with Gasteiger partial charge in [-0.25, -0.2) is 13.6 Å². The molecule has 0 bridgehead atoms. The van der Waals surface area contributed by atoms with Gasteiger partial charge in [-0.3, -0.25) is 5.32 Å². The zero-order valence-electron chi connectivity index (χ0n) is 7.67. The van der Waals surface area contributed by atoms with E-state index < -0.39 is 23.4 Å². The first-order valence-electron chi connectivity index (χ1n) is 4.14. The first-order valence-corrected chi connectivity index (χ1v) is 4.14. The van der Waals surface area contributed by atoms with Crippen LogP contribution >= 0.6 is 0 Å². The number of amides is 1. The van der Waals surface area contributed by atoms with Crippen molar-refractivity contribution in [2.45, 2.75) is 0 Å². The lowest BCUT2D eigenvalue weighted by atomic mass is 10.3. The molecule has 1 aromatic rings. The number of para-hydroxylation sites is 1. The fraction of sp³-hybridized carbons (Fsp3) is 0.222. The summed E-state index contributed by atoms with van der Waals surface area (Å²) in [5, 5.41) is 10.2. The fourth-order valence-corrected chi connectivity index (χ4v) is 0.894. The van der Waals surface area contributed by atoms with E-state index in [1.807, 2.05) is 5.32 Å². The van der Waals surface area contributed by atoms with Crippen LogP contribution in [0.4, 0.5) is 19.3 Å². The summed E-state index contributed by atoms with van der Waals surface area (Å²) in [6, 6.07) is 3.18. The van der Waals surface area contributed by atoms with Gasteiger partial charge >= 0.3 is 6.09 Å². The van der Waals surface area contributed by atoms with Crippen molar-refractivity contribution < 1.29 is 23.4 Å². The standard InChI is InChI=1S/C9H9F2NO3/c10-6-2-1-3-7(11)8(6)12-9(14)15-5-4-13/h1-3,13H,4-5H2,(H,12,14). The Morgan fingerprint density at radius 1 is 1.40 bits per heavy atom. The summed E-state index contributed by atoms with van der Waals surface area (Å²) in [7, 11) is 0. The van der Waals surface area contributed by atoms with Crippen molar-refractivity contribution in [1.29, 1.82) is 0 Å². The summed E-state index contributed by atoms with van der Waals surface area (Å²) >= 11 is 0. The van der Waals surface area contributed by atoms with Crippen molar-refractivity contribution in [2.24, 2.45) is 0 Å². The summed E-state index contributed by atoms with van der Waals surface area (Å²) in [5.41, 5.74) is -0.569. The monoisotopic (exact) mass is 217 g/mol. The van der Waals surface area contributed by atoms with Gasteiger partial charge in [-0.1, -0.05) is 6.07 Å². The number of carbonyl (C=O) groups is 1. The topological polar surface area (TPSA) is 58.6 Å². The summed E-state index contributed by atoms with van der Waals surface area (Å²) in [6.45, 7) is -0.588. The molecule has 1 rings (SSSR count). The maximum Gasteiger partial charge on any atom is 0.411 e. The number of aliphatic hydroxyl groups excluding tert-OH is 1. The Balaban J connectivity index is 2.68. The normalized spacial score (nSPS) is 9.80. The van der Waals surface area contributed by atoms with Gasteiger partial charge in [0.25, 0.3) is 0 Å². The Morgan fingerprint density at radius 2 is 2.00 bits per heavy atom. The molecule has 0 radical (unpaired) electrons. The van der Waals surface area contributed by atoms with Crippen LogP contribution in [0, 0.1) is 11.6 Å². The van der Waals surface area contributed by atoms with Crippen molar-refractivity contribution in [3.63, 3.8) is 0 Å². The number of hydrogen-bond acceptors (Lipinski definition) is 3. The first-order chi connectivity index (χ1) is 7.15. The number of benzene rings is 1. The number of hydrogen-bond donors (Lipinski definition) is 2. The van der Waals surface area contributed by atoms with E-state index in [1.165, 1.54) is 6.07 Å². The Morgan fingerprint density at radius 3 is 2.53 bits per heavy atom. The number of aliphatic hydroxyl groups is 1. The SMILES string of the molecule is O=C(Nc1c(F)cccc1F)OCCO. The maximum absolute atomic E-state index is 13.0. The van der Waals surface area contributed by atoms with Crippen LogP contribution in [-0.2, 0) is 4.74 Å². The van der Waals surface area contributed by atoms with E-state index in [2.05, 4.69) is 4.74 Å². The summed E-state index contributed by atoms with van der Waals surface area (Å²) in [6.07, 6.45) is -1.02. The molecule has 1 aromatic carbocycles. The minimum absolute atomic E-state index is 0.234. The van der Waals surface area contributed by atoms with Gasteiger partial charge < -0.3 is 9.84 Å². The van der Waals surface area contributed by atoms with Crippen molar-refractivity contribution in [3.8, 4) is 0 Å². The molecule has 6 heteroatoms. The molecule has 0 unspecified atom stereocenters. The Labute approximate surface area is 84.5 Å². The predicted molar refractivity (Wildman–Crippen MR) is 48.4 cm³/mol. The molecule has 82 valence electrons. The van der Waals surface area contributed by atoms with E-state index >= 15 is 0 Å². The zero-order valence-corrected chi connectivity index (χ0v) is 7.67. The molecule has 15 heavy (non-hydrogen) atoms. The highest BCUT2D eigenvalue weighted by Gasteiger charge is 2.11. The van der Waals surface area contributed by atoms with E-state index in [9.17, 15) is 13.6 Å². The van der Waals surface area contributed by atoms with Crippen molar-refractivity contribution >= 4 is 11.8 Å². The average Bonchev–Trinajstić information content (AvgIpc) is 2.21. The van der Waals surface area contributed by atoms with Crippen LogP contribution in [0.25, 0.3) is 0 Å². The Hall–Kier alpha value is -1.69. The molecule has 1 amide bonds. The Kier molecular flexibility index (Phi) is 3.99. The molecule has 0 spiro atoms. The van der Waals surface area contributed by atoms with E-state index in [1.54, 1.807) is 0 Å². The summed E-state index contributed by atoms with van der Waals surface area (Å²) < 4.78 is 30.3. The van der Waals surface area contributed by atoms with E-state index in [-0.39, 0.29) is 13.2 Å². The lowest BCUT2D eigenvalue weighted by Crippen LogP contribution is -2.17. The molecule has 4 nitrogen and oxygen atoms in total. The van der Waals surface area contributed by atoms with Crippen LogP contribution in [0.15, 0.2) is 18.2 Å². The third-order valence-corrected chi connectivity index (χ3v) is 1.51. The lowest BCUT2D eigenvalue weighted by molar-refractivity contribution is 0.131. The molecule has 0 saturated carbocycles. The van der Waals surface area contributed by atoms with Crippen molar-refractivity contribution in [3.05, 3.63) is 29.8 Å². The van der Waals surface area contributed by atoms with Crippen LogP contribution < -0.4 is 5.32 Å². The molecule has 0 saturated heterocycles. The van der Waals surface area contributed by atoms with E-state index in [0.717, 1.165) is 12.1 Å². The highest BCUT2D eigenvalue weighted by atomic mass is 19.1. The van der Waals surface area contributed by atoms with Crippen molar-refractivity contribution in [2.75, 3.05) is 18.5 Å². The average molecular weight is 217 g/mol. The lowest BCUT2D eigenvalue weighted by Gasteiger charge is -2.07. The number of anilines is 1. The van der Waals surface area contributed by atoms with Crippen molar-refractivity contribution in [1.82, 2.24) is 0 Å². The predicted octanol–water partition coefficient (Wildman–Crippen LogP) is 1.51. The second-order valence-electron chi connectivity index (χ2n) is 2.58. The minimum atomic E-state index is -1.02. The van der Waals surface area contributed by atoms with Crippen LogP contribution in [0.3, 0.4) is 0 Å². The van der Waals surface area contributed by atoms with Crippen LogP contribution in [0.2, 0.25) is 0 Å². The largest absolute Gasteiger partial charge is 0.447 e. The Bertz CT molecular complexity index is 337. The second kappa shape index (κ2) is 5.26. The fourth-order valence-electron chi connectivity index (χ4n) is 0.894. The quantitative estimate of drug-likeness (QED) is 0.806. The number of nitrogens with one attached hydrogen (secondary N) is 1. The smallest absolute Gasteiger partial charge is 0.411 e. The molecule has 0 aromatic heterocycles. The van der Waals surface area contributed by atoms with Gasteiger partial charge in [-0.2, -0.15) is 0 Å². The molecule has 2 N–H and O–H groups in total. The second-order valence-corrected chi connectivity index (χ2v) is 2.58. The third kappa shape index (κ3) is 3.17. The molecule has 0 aliphatic rings. The van der Waals surface area contributed by atoms with E-state index in [4.69, 9.17) is 5.11 Å². The number of halogens is 2. The maximum atomic E-state index is 13.0. The van der Waals surface area contributed by atoms with Crippen LogP contribution in [0.1, 0.15) is 0 Å². The van der Waals surface area contributed by atoms with Crippen LogP contribution in [0.5, 0.6) is 0 Å². The van der Waals surface area contributed by atoms with Gasteiger partial charge in [0.05, 0.1) is 6.61 Å². The minimum Gasteiger partial charge on any atom is -0.447 e. The van der Waals surface area contributed by atoms with E-state index in [0.29, 0.717) is 0 Å². The molecular weight excluding hydrogens is 208 g/mol. The number of ether oxygens (including phenoxy) is 1. The molecule has 0 atom stereocenters. The molecule has 0 fully saturated rings. The molecule has 0 aliphatic carbocycles. The van der Waals surface area contributed by atoms with Gasteiger partial charge in [-0.15, -0.1) is 0 Å². The summed E-state index contributed by atoms with van der Waals surface area (Å²) in [4.78, 5) is 10.9. The zero-order chi connectivity index (χ0) is 11.3. The highest BCUT2D eigenvalue weighted by molar-refractivity contribution is 5.84. The number of rotatable bonds is 3. The van der Waals surface area contributed by atoms with Gasteiger partial charge in [0.15, 0.2) is 0 Å². The molecule has 0 aliphatic heterocycles. The first kappa shape index (κ1) is 11.4. The number of carbonyl (C=O) groups excluding carboxylic acids is 1. The van der Waals surface area contributed by atoms with Crippen LogP contribution in [-0.4, -0.2) is 24.4 Å². The van der Waals surface area contributed by atoms with Gasteiger partial charge in [0.2, 0.25) is 0 Å².